The predicted octanol–water partition coefficient (Wildman–Crippen LogP) is 3.18. The molecule has 0 unspecified atom stereocenters. The van der Waals surface area contributed by atoms with Gasteiger partial charge in [0.25, 0.3) is 0 Å². The first-order valence-corrected chi connectivity index (χ1v) is 8.82. The van der Waals surface area contributed by atoms with Gasteiger partial charge in [-0.2, -0.15) is 0 Å². The average Bonchev–Trinajstić information content (AvgIpc) is 2.96. The lowest BCUT2D eigenvalue weighted by Crippen LogP contribution is -2.48. The SMILES string of the molecule is C[C@@H]1CCC[C@H](C)N1C[C@@H](O)COc1ccc2c(c1)CCC2. The molecule has 122 valence electrons. The number of hydrogen-bond donors (Lipinski definition) is 1. The lowest BCUT2D eigenvalue weighted by molar-refractivity contribution is 0.0209. The molecule has 3 atom stereocenters. The maximum absolute atomic E-state index is 10.3. The maximum Gasteiger partial charge on any atom is 0.119 e. The van der Waals surface area contributed by atoms with E-state index in [1.165, 1.54) is 43.2 Å². The minimum atomic E-state index is -0.420. The summed E-state index contributed by atoms with van der Waals surface area (Å²) in [5, 5.41) is 10.3. The number of likely N-dealkylation sites (tertiary alicyclic amines) is 1. The Kier molecular flexibility index (Phi) is 5.04. The highest BCUT2D eigenvalue weighted by Gasteiger charge is 2.26. The van der Waals surface area contributed by atoms with Crippen molar-refractivity contribution in [1.29, 1.82) is 0 Å². The summed E-state index contributed by atoms with van der Waals surface area (Å²) in [6, 6.07) is 7.51. The molecule has 1 aliphatic carbocycles. The zero-order valence-corrected chi connectivity index (χ0v) is 13.9. The van der Waals surface area contributed by atoms with Gasteiger partial charge >= 0.3 is 0 Å². The number of benzene rings is 1. The van der Waals surface area contributed by atoms with Crippen LogP contribution in [0.15, 0.2) is 18.2 Å². The summed E-state index contributed by atoms with van der Waals surface area (Å²) in [4.78, 5) is 2.43. The van der Waals surface area contributed by atoms with Crippen LogP contribution in [-0.4, -0.2) is 41.3 Å². The van der Waals surface area contributed by atoms with E-state index in [-0.39, 0.29) is 0 Å². The van der Waals surface area contributed by atoms with Crippen LogP contribution in [0.4, 0.5) is 0 Å². The van der Waals surface area contributed by atoms with Crippen molar-refractivity contribution in [2.45, 2.75) is 70.6 Å². The van der Waals surface area contributed by atoms with Crippen LogP contribution in [0.2, 0.25) is 0 Å². The van der Waals surface area contributed by atoms with Crippen LogP contribution in [0, 0.1) is 0 Å². The molecule has 0 spiro atoms. The Bertz CT molecular complexity index is 492. The third kappa shape index (κ3) is 3.64. The fourth-order valence-corrected chi connectivity index (χ4v) is 3.96. The first-order chi connectivity index (χ1) is 10.6. The van der Waals surface area contributed by atoms with E-state index >= 15 is 0 Å². The summed E-state index contributed by atoms with van der Waals surface area (Å²) < 4.78 is 5.83. The van der Waals surface area contributed by atoms with E-state index < -0.39 is 6.10 Å². The smallest absolute Gasteiger partial charge is 0.119 e. The number of β-amino-alcohol motifs (C(OH)–C–C–N with tert-alkyl or cyclic N) is 1. The molecule has 0 saturated carbocycles. The van der Waals surface area contributed by atoms with E-state index in [0.29, 0.717) is 25.2 Å². The standard InChI is InChI=1S/C19H29NO2/c1-14-5-3-6-15(2)20(14)12-18(21)13-22-19-10-9-16-7-4-8-17(16)11-19/h9-11,14-15,18,21H,3-8,12-13H2,1-2H3/t14-,15+,18-/m1/s1. The monoisotopic (exact) mass is 303 g/mol. The zero-order valence-electron chi connectivity index (χ0n) is 13.9. The largest absolute Gasteiger partial charge is 0.491 e. The number of nitrogens with zero attached hydrogens (tertiary/aromatic N) is 1. The molecular weight excluding hydrogens is 274 g/mol. The molecule has 1 aromatic carbocycles. The van der Waals surface area contributed by atoms with E-state index in [0.717, 1.165) is 12.2 Å². The zero-order chi connectivity index (χ0) is 15.5. The van der Waals surface area contributed by atoms with Crippen molar-refractivity contribution < 1.29 is 9.84 Å². The van der Waals surface area contributed by atoms with Gasteiger partial charge in [0.2, 0.25) is 0 Å². The summed E-state index contributed by atoms with van der Waals surface area (Å²) >= 11 is 0. The number of piperidine rings is 1. The molecular formula is C19H29NO2. The van der Waals surface area contributed by atoms with Gasteiger partial charge in [0.15, 0.2) is 0 Å². The number of ether oxygens (including phenoxy) is 1. The topological polar surface area (TPSA) is 32.7 Å². The summed E-state index contributed by atoms with van der Waals surface area (Å²) in [5.41, 5.74) is 2.88. The van der Waals surface area contributed by atoms with Crippen molar-refractivity contribution in [1.82, 2.24) is 4.90 Å². The van der Waals surface area contributed by atoms with Gasteiger partial charge in [-0.1, -0.05) is 12.5 Å². The van der Waals surface area contributed by atoms with Crippen LogP contribution in [0.3, 0.4) is 0 Å². The molecule has 22 heavy (non-hydrogen) atoms. The third-order valence-electron chi connectivity index (χ3n) is 5.31. The summed E-state index contributed by atoms with van der Waals surface area (Å²) in [7, 11) is 0. The molecule has 3 nitrogen and oxygen atoms in total. The van der Waals surface area contributed by atoms with Gasteiger partial charge in [0, 0.05) is 18.6 Å². The molecule has 0 radical (unpaired) electrons. The normalized spacial score (nSPS) is 26.7. The molecule has 1 N–H and O–H groups in total. The number of rotatable bonds is 5. The quantitative estimate of drug-likeness (QED) is 0.907. The molecule has 3 heteroatoms. The average molecular weight is 303 g/mol. The highest BCUT2D eigenvalue weighted by atomic mass is 16.5. The molecule has 1 aliphatic heterocycles. The molecule has 1 aromatic rings. The molecule has 0 amide bonds. The highest BCUT2D eigenvalue weighted by Crippen LogP contribution is 2.26. The summed E-state index contributed by atoms with van der Waals surface area (Å²) in [5.74, 6) is 0.902. The second-order valence-electron chi connectivity index (χ2n) is 7.07. The number of aliphatic hydroxyl groups excluding tert-OH is 1. The van der Waals surface area contributed by atoms with Crippen LogP contribution in [-0.2, 0) is 12.8 Å². The van der Waals surface area contributed by atoms with Crippen molar-refractivity contribution in [3.05, 3.63) is 29.3 Å². The Labute approximate surface area is 134 Å². The van der Waals surface area contributed by atoms with Crippen LogP contribution < -0.4 is 4.74 Å². The molecule has 1 fully saturated rings. The van der Waals surface area contributed by atoms with Crippen LogP contribution in [0.1, 0.15) is 50.7 Å². The van der Waals surface area contributed by atoms with Gasteiger partial charge < -0.3 is 9.84 Å². The Balaban J connectivity index is 1.50. The van der Waals surface area contributed by atoms with E-state index in [9.17, 15) is 5.11 Å². The summed E-state index contributed by atoms with van der Waals surface area (Å²) in [6.07, 6.45) is 6.98. The number of aliphatic hydroxyl groups is 1. The number of hydrogen-bond acceptors (Lipinski definition) is 3. The first kappa shape index (κ1) is 15.8. The van der Waals surface area contributed by atoms with Crippen molar-refractivity contribution in [2.75, 3.05) is 13.2 Å². The Hall–Kier alpha value is -1.06. The summed E-state index contributed by atoms with van der Waals surface area (Å²) in [6.45, 7) is 5.63. The molecule has 1 heterocycles. The van der Waals surface area contributed by atoms with Gasteiger partial charge in [0.05, 0.1) is 0 Å². The molecule has 0 aromatic heterocycles. The van der Waals surface area contributed by atoms with Crippen molar-refractivity contribution in [3.8, 4) is 5.75 Å². The lowest BCUT2D eigenvalue weighted by atomic mass is 9.97. The third-order valence-corrected chi connectivity index (χ3v) is 5.31. The number of aryl methyl sites for hydroxylation is 2. The van der Waals surface area contributed by atoms with Gasteiger partial charge in [-0.15, -0.1) is 0 Å². The van der Waals surface area contributed by atoms with E-state index in [4.69, 9.17) is 4.74 Å². The maximum atomic E-state index is 10.3. The Morgan fingerprint density at radius 1 is 1.14 bits per heavy atom. The molecule has 2 aliphatic rings. The fourth-order valence-electron chi connectivity index (χ4n) is 3.96. The van der Waals surface area contributed by atoms with Crippen molar-refractivity contribution in [2.24, 2.45) is 0 Å². The highest BCUT2D eigenvalue weighted by molar-refractivity contribution is 5.38. The van der Waals surface area contributed by atoms with Gasteiger partial charge in [0.1, 0.15) is 18.5 Å². The Morgan fingerprint density at radius 3 is 2.64 bits per heavy atom. The molecule has 1 saturated heterocycles. The fraction of sp³-hybridized carbons (Fsp3) is 0.684. The number of fused-ring (bicyclic) bond motifs is 1. The van der Waals surface area contributed by atoms with E-state index in [1.807, 2.05) is 6.07 Å². The molecule has 0 bridgehead atoms. The van der Waals surface area contributed by atoms with E-state index in [2.05, 4.69) is 30.9 Å². The van der Waals surface area contributed by atoms with Crippen LogP contribution in [0.5, 0.6) is 5.75 Å². The van der Waals surface area contributed by atoms with Gasteiger partial charge in [-0.05, 0) is 69.2 Å². The lowest BCUT2D eigenvalue weighted by Gasteiger charge is -2.40. The Morgan fingerprint density at radius 2 is 1.86 bits per heavy atom. The second-order valence-corrected chi connectivity index (χ2v) is 7.07. The van der Waals surface area contributed by atoms with Crippen LogP contribution >= 0.6 is 0 Å². The van der Waals surface area contributed by atoms with Crippen molar-refractivity contribution >= 4 is 0 Å². The van der Waals surface area contributed by atoms with Crippen LogP contribution in [0.25, 0.3) is 0 Å². The van der Waals surface area contributed by atoms with Crippen molar-refractivity contribution in [3.63, 3.8) is 0 Å². The minimum Gasteiger partial charge on any atom is -0.491 e. The van der Waals surface area contributed by atoms with E-state index in [1.54, 1.807) is 0 Å². The minimum absolute atomic E-state index is 0.384. The second kappa shape index (κ2) is 7.01. The van der Waals surface area contributed by atoms with Gasteiger partial charge in [-0.25, -0.2) is 0 Å². The molecule has 3 rings (SSSR count). The van der Waals surface area contributed by atoms with Gasteiger partial charge in [-0.3, -0.25) is 4.90 Å². The predicted molar refractivity (Wildman–Crippen MR) is 89.4 cm³/mol. The first-order valence-electron chi connectivity index (χ1n) is 8.82.